The summed E-state index contributed by atoms with van der Waals surface area (Å²) in [6, 6.07) is 3.02. The van der Waals surface area contributed by atoms with Crippen molar-refractivity contribution in [2.24, 2.45) is 0 Å². The van der Waals surface area contributed by atoms with E-state index in [9.17, 15) is 18.0 Å². The first-order valence-electron chi connectivity index (χ1n) is 5.35. The minimum absolute atomic E-state index is 0.0259. The van der Waals surface area contributed by atoms with Gasteiger partial charge in [-0.1, -0.05) is 13.0 Å². The maximum atomic E-state index is 12.4. The van der Waals surface area contributed by atoms with Crippen LogP contribution < -0.4 is 5.32 Å². The Bertz CT molecular complexity index is 421. The molecule has 0 spiro atoms. The van der Waals surface area contributed by atoms with Gasteiger partial charge in [-0.2, -0.15) is 13.2 Å². The summed E-state index contributed by atoms with van der Waals surface area (Å²) in [6.45, 7) is 1.74. The Kier molecular flexibility index (Phi) is 4.52. The zero-order valence-electron chi connectivity index (χ0n) is 9.66. The van der Waals surface area contributed by atoms with Crippen LogP contribution in [0.2, 0.25) is 0 Å². The number of nitrogens with zero attached hydrogens (tertiary/aromatic N) is 1. The number of hydrogen-bond acceptors (Lipinski definition) is 3. The van der Waals surface area contributed by atoms with E-state index in [0.29, 0.717) is 6.42 Å². The van der Waals surface area contributed by atoms with Crippen LogP contribution in [0.25, 0.3) is 0 Å². The average molecular weight is 262 g/mol. The van der Waals surface area contributed by atoms with E-state index in [4.69, 9.17) is 5.11 Å². The molecule has 0 saturated heterocycles. The molecule has 4 nitrogen and oxygen atoms in total. The van der Waals surface area contributed by atoms with Gasteiger partial charge in [0.2, 0.25) is 0 Å². The fourth-order valence-electron chi connectivity index (χ4n) is 1.39. The lowest BCUT2D eigenvalue weighted by molar-refractivity contribution is -0.141. The smallest absolute Gasteiger partial charge is 0.433 e. The molecule has 0 bridgehead atoms. The third-order valence-electron chi connectivity index (χ3n) is 2.31. The molecule has 0 aliphatic heterocycles. The fourth-order valence-corrected chi connectivity index (χ4v) is 1.39. The highest BCUT2D eigenvalue weighted by Gasteiger charge is 2.32. The van der Waals surface area contributed by atoms with Crippen LogP contribution in [0, 0.1) is 0 Å². The molecule has 1 heterocycles. The number of carbonyl (C=O) groups is 1. The topological polar surface area (TPSA) is 62.2 Å². The van der Waals surface area contributed by atoms with E-state index in [2.05, 4.69) is 10.3 Å². The number of hydrogen-bond donors (Lipinski definition) is 2. The van der Waals surface area contributed by atoms with Crippen LogP contribution in [0.1, 0.15) is 25.5 Å². The highest BCUT2D eigenvalue weighted by molar-refractivity contribution is 5.68. The van der Waals surface area contributed by atoms with Crippen LogP contribution >= 0.6 is 0 Å². The third-order valence-corrected chi connectivity index (χ3v) is 2.31. The van der Waals surface area contributed by atoms with Crippen molar-refractivity contribution in [3.05, 3.63) is 23.9 Å². The highest BCUT2D eigenvalue weighted by Crippen LogP contribution is 2.28. The van der Waals surface area contributed by atoms with Crippen molar-refractivity contribution in [3.63, 3.8) is 0 Å². The van der Waals surface area contributed by atoms with Crippen LogP contribution in [0.15, 0.2) is 18.2 Å². The van der Waals surface area contributed by atoms with E-state index >= 15 is 0 Å². The highest BCUT2D eigenvalue weighted by atomic mass is 19.4. The third kappa shape index (κ3) is 4.23. The number of anilines is 1. The average Bonchev–Trinajstić information content (AvgIpc) is 2.26. The normalized spacial score (nSPS) is 13.1. The lowest BCUT2D eigenvalue weighted by Crippen LogP contribution is -2.23. The zero-order valence-corrected chi connectivity index (χ0v) is 9.66. The maximum absolute atomic E-state index is 12.4. The van der Waals surface area contributed by atoms with Gasteiger partial charge in [0.1, 0.15) is 11.5 Å². The van der Waals surface area contributed by atoms with E-state index < -0.39 is 23.9 Å². The monoisotopic (exact) mass is 262 g/mol. The molecule has 0 radical (unpaired) electrons. The molecule has 0 aliphatic rings. The molecule has 100 valence electrons. The second-order valence-electron chi connectivity index (χ2n) is 3.75. The van der Waals surface area contributed by atoms with E-state index in [0.717, 1.165) is 6.07 Å². The maximum Gasteiger partial charge on any atom is 0.433 e. The van der Waals surface area contributed by atoms with Gasteiger partial charge >= 0.3 is 12.1 Å². The molecule has 0 fully saturated rings. The summed E-state index contributed by atoms with van der Waals surface area (Å²) >= 11 is 0. The quantitative estimate of drug-likeness (QED) is 0.856. The molecule has 1 aromatic heterocycles. The van der Waals surface area contributed by atoms with Crippen molar-refractivity contribution in [2.75, 3.05) is 5.32 Å². The van der Waals surface area contributed by atoms with Crippen LogP contribution in [-0.2, 0) is 11.0 Å². The summed E-state index contributed by atoms with van der Waals surface area (Å²) in [4.78, 5) is 14.0. The summed E-state index contributed by atoms with van der Waals surface area (Å²) in [5.41, 5.74) is -1.00. The van der Waals surface area contributed by atoms with Gasteiger partial charge in [0.25, 0.3) is 0 Å². The summed E-state index contributed by atoms with van der Waals surface area (Å²) in [6.07, 6.45) is -4.20. The molecule has 1 rings (SSSR count). The van der Waals surface area contributed by atoms with Crippen molar-refractivity contribution in [2.45, 2.75) is 32.0 Å². The van der Waals surface area contributed by atoms with Crippen molar-refractivity contribution in [3.8, 4) is 0 Å². The van der Waals surface area contributed by atoms with Gasteiger partial charge < -0.3 is 10.4 Å². The SMILES string of the molecule is CCC(CC(=O)O)Nc1cccc(C(F)(F)F)n1. The van der Waals surface area contributed by atoms with Gasteiger partial charge in [-0.15, -0.1) is 0 Å². The molecular weight excluding hydrogens is 249 g/mol. The van der Waals surface area contributed by atoms with E-state index in [1.807, 2.05) is 0 Å². The minimum atomic E-state index is -4.51. The number of alkyl halides is 3. The second kappa shape index (κ2) is 5.70. The van der Waals surface area contributed by atoms with Gasteiger partial charge in [0.15, 0.2) is 0 Å². The number of rotatable bonds is 5. The summed E-state index contributed by atoms with van der Waals surface area (Å²) in [5, 5.41) is 11.3. The first-order chi connectivity index (χ1) is 8.32. The summed E-state index contributed by atoms with van der Waals surface area (Å²) < 4.78 is 37.2. The number of pyridine rings is 1. The van der Waals surface area contributed by atoms with Crippen LogP contribution in [0.3, 0.4) is 0 Å². The largest absolute Gasteiger partial charge is 0.481 e. The lowest BCUT2D eigenvalue weighted by atomic mass is 10.1. The first-order valence-corrected chi connectivity index (χ1v) is 5.35. The van der Waals surface area contributed by atoms with Crippen molar-refractivity contribution in [1.29, 1.82) is 0 Å². The second-order valence-corrected chi connectivity index (χ2v) is 3.75. The summed E-state index contributed by atoms with van der Waals surface area (Å²) in [5.74, 6) is -0.987. The van der Waals surface area contributed by atoms with Crippen LogP contribution in [-0.4, -0.2) is 22.1 Å². The van der Waals surface area contributed by atoms with Gasteiger partial charge in [0, 0.05) is 6.04 Å². The number of halogens is 3. The van der Waals surface area contributed by atoms with Gasteiger partial charge in [-0.05, 0) is 18.6 Å². The van der Waals surface area contributed by atoms with Crippen LogP contribution in [0.4, 0.5) is 19.0 Å². The van der Waals surface area contributed by atoms with Crippen molar-refractivity contribution in [1.82, 2.24) is 4.98 Å². The number of carboxylic acid groups (broad SMARTS) is 1. The van der Waals surface area contributed by atoms with Gasteiger partial charge in [-0.25, -0.2) is 4.98 Å². The number of aliphatic carboxylic acids is 1. The van der Waals surface area contributed by atoms with Crippen molar-refractivity contribution >= 4 is 11.8 Å². The Balaban J connectivity index is 2.81. The molecule has 1 atom stereocenters. The van der Waals surface area contributed by atoms with E-state index in [1.165, 1.54) is 12.1 Å². The fraction of sp³-hybridized carbons (Fsp3) is 0.455. The minimum Gasteiger partial charge on any atom is -0.481 e. The van der Waals surface area contributed by atoms with E-state index in [-0.39, 0.29) is 12.2 Å². The Hall–Kier alpha value is -1.79. The predicted octanol–water partition coefficient (Wildman–Crippen LogP) is 2.77. The number of aromatic nitrogens is 1. The van der Waals surface area contributed by atoms with Gasteiger partial charge in [0.05, 0.1) is 6.42 Å². The molecular formula is C11H13F3N2O2. The molecule has 0 aromatic carbocycles. The van der Waals surface area contributed by atoms with Crippen LogP contribution in [0.5, 0.6) is 0 Å². The number of nitrogens with one attached hydrogen (secondary N) is 1. The summed E-state index contributed by atoms with van der Waals surface area (Å²) in [7, 11) is 0. The molecule has 7 heteroatoms. The molecule has 0 aliphatic carbocycles. The van der Waals surface area contributed by atoms with Gasteiger partial charge in [-0.3, -0.25) is 4.79 Å². The standard InChI is InChI=1S/C11H13F3N2O2/c1-2-7(6-10(17)18)15-9-5-3-4-8(16-9)11(12,13)14/h3-5,7H,2,6H2,1H3,(H,15,16)(H,17,18). The molecule has 2 N–H and O–H groups in total. The Morgan fingerprint density at radius 1 is 1.50 bits per heavy atom. The Morgan fingerprint density at radius 3 is 2.67 bits per heavy atom. The molecule has 1 unspecified atom stereocenters. The van der Waals surface area contributed by atoms with E-state index in [1.54, 1.807) is 6.92 Å². The molecule has 0 amide bonds. The molecule has 18 heavy (non-hydrogen) atoms. The molecule has 1 aromatic rings. The zero-order chi connectivity index (χ0) is 13.8. The first kappa shape index (κ1) is 14.3. The lowest BCUT2D eigenvalue weighted by Gasteiger charge is -2.16. The Morgan fingerprint density at radius 2 is 2.17 bits per heavy atom. The van der Waals surface area contributed by atoms with Crippen molar-refractivity contribution < 1.29 is 23.1 Å². The number of carboxylic acids is 1. The Labute approximate surface area is 102 Å². The predicted molar refractivity (Wildman–Crippen MR) is 59.2 cm³/mol. The molecule has 0 saturated carbocycles.